The molecule has 1 aromatic rings. The molecule has 0 radical (unpaired) electrons. The second-order valence-corrected chi connectivity index (χ2v) is 7.32. The lowest BCUT2D eigenvalue weighted by Gasteiger charge is -2.30. The van der Waals surface area contributed by atoms with Crippen molar-refractivity contribution in [2.75, 3.05) is 0 Å². The Morgan fingerprint density at radius 2 is 1.95 bits per heavy atom. The summed E-state index contributed by atoms with van der Waals surface area (Å²) in [6, 6.07) is 8.62. The van der Waals surface area contributed by atoms with Gasteiger partial charge in [-0.15, -0.1) is 0 Å². The van der Waals surface area contributed by atoms with Gasteiger partial charge in [-0.3, -0.25) is 0 Å². The van der Waals surface area contributed by atoms with Gasteiger partial charge in [0.25, 0.3) is 0 Å². The zero-order chi connectivity index (χ0) is 14.0. The highest BCUT2D eigenvalue weighted by atomic mass is 16.3. The van der Waals surface area contributed by atoms with Crippen LogP contribution in [-0.4, -0.2) is 5.11 Å². The molecule has 0 heterocycles. The van der Waals surface area contributed by atoms with Crippen LogP contribution in [0.4, 0.5) is 0 Å². The Morgan fingerprint density at radius 3 is 2.47 bits per heavy atom. The molecule has 0 bridgehead atoms. The molecule has 2 atom stereocenters. The standard InChI is InChI=1S/C18H28O/c1-13(18(2,3)4)11-17(19)16-10-6-9-15(12-16)14-7-5-8-14/h6,9-10,12-14,17,19H,5,7-8,11H2,1-4H3. The largest absolute Gasteiger partial charge is 0.388 e. The van der Waals surface area contributed by atoms with Crippen molar-refractivity contribution in [1.82, 2.24) is 0 Å². The van der Waals surface area contributed by atoms with E-state index in [1.165, 1.54) is 24.8 Å². The van der Waals surface area contributed by atoms with Crippen LogP contribution in [0.25, 0.3) is 0 Å². The highest BCUT2D eigenvalue weighted by molar-refractivity contribution is 5.29. The van der Waals surface area contributed by atoms with E-state index in [1.807, 2.05) is 0 Å². The predicted octanol–water partition coefficient (Wildman–Crippen LogP) is 5.06. The zero-order valence-corrected chi connectivity index (χ0v) is 12.8. The van der Waals surface area contributed by atoms with E-state index in [0.717, 1.165) is 17.9 Å². The number of hydrogen-bond acceptors (Lipinski definition) is 1. The molecular formula is C18H28O. The third-order valence-electron chi connectivity index (χ3n) is 4.93. The van der Waals surface area contributed by atoms with E-state index in [1.54, 1.807) is 0 Å². The van der Waals surface area contributed by atoms with Gasteiger partial charge in [-0.25, -0.2) is 0 Å². The van der Waals surface area contributed by atoms with E-state index in [2.05, 4.69) is 52.0 Å². The van der Waals surface area contributed by atoms with Gasteiger partial charge in [0.05, 0.1) is 6.10 Å². The molecule has 0 saturated heterocycles. The van der Waals surface area contributed by atoms with Crippen molar-refractivity contribution in [3.63, 3.8) is 0 Å². The van der Waals surface area contributed by atoms with Crippen molar-refractivity contribution < 1.29 is 5.11 Å². The maximum absolute atomic E-state index is 10.5. The minimum atomic E-state index is -0.325. The van der Waals surface area contributed by atoms with Crippen molar-refractivity contribution in [2.24, 2.45) is 11.3 Å². The van der Waals surface area contributed by atoms with E-state index < -0.39 is 0 Å². The topological polar surface area (TPSA) is 20.2 Å². The maximum Gasteiger partial charge on any atom is 0.0792 e. The molecular weight excluding hydrogens is 232 g/mol. The molecule has 19 heavy (non-hydrogen) atoms. The van der Waals surface area contributed by atoms with E-state index in [4.69, 9.17) is 0 Å². The molecule has 1 aliphatic rings. The smallest absolute Gasteiger partial charge is 0.0792 e. The first-order chi connectivity index (χ1) is 8.88. The summed E-state index contributed by atoms with van der Waals surface area (Å²) in [5.41, 5.74) is 2.78. The number of rotatable bonds is 4. The highest BCUT2D eigenvalue weighted by Crippen LogP contribution is 2.38. The number of aliphatic hydroxyl groups excluding tert-OH is 1. The van der Waals surface area contributed by atoms with Crippen LogP contribution in [0.3, 0.4) is 0 Å². The second-order valence-electron chi connectivity index (χ2n) is 7.32. The summed E-state index contributed by atoms with van der Waals surface area (Å²) in [5, 5.41) is 10.5. The lowest BCUT2D eigenvalue weighted by atomic mass is 9.77. The van der Waals surface area contributed by atoms with Crippen LogP contribution in [0.15, 0.2) is 24.3 Å². The second kappa shape index (κ2) is 5.66. The third kappa shape index (κ3) is 3.60. The first-order valence-corrected chi connectivity index (χ1v) is 7.66. The van der Waals surface area contributed by atoms with Gasteiger partial charge >= 0.3 is 0 Å². The lowest BCUT2D eigenvalue weighted by Crippen LogP contribution is -2.20. The fraction of sp³-hybridized carbons (Fsp3) is 0.667. The van der Waals surface area contributed by atoms with Crippen molar-refractivity contribution >= 4 is 0 Å². The van der Waals surface area contributed by atoms with E-state index in [0.29, 0.717) is 5.92 Å². The van der Waals surface area contributed by atoms with Crippen molar-refractivity contribution in [1.29, 1.82) is 0 Å². The lowest BCUT2D eigenvalue weighted by molar-refractivity contribution is 0.110. The molecule has 106 valence electrons. The zero-order valence-electron chi connectivity index (χ0n) is 12.8. The molecule has 1 nitrogen and oxygen atoms in total. The SMILES string of the molecule is CC(CC(O)c1cccc(C2CCC2)c1)C(C)(C)C. The average molecular weight is 260 g/mol. The molecule has 1 fully saturated rings. The van der Waals surface area contributed by atoms with E-state index in [9.17, 15) is 5.11 Å². The number of aliphatic hydroxyl groups is 1. The minimum absolute atomic E-state index is 0.257. The number of benzene rings is 1. The fourth-order valence-corrected chi connectivity index (χ4v) is 2.59. The Kier molecular flexibility index (Phi) is 4.35. The van der Waals surface area contributed by atoms with Gasteiger partial charge in [0, 0.05) is 0 Å². The molecule has 1 aliphatic carbocycles. The third-order valence-corrected chi connectivity index (χ3v) is 4.93. The van der Waals surface area contributed by atoms with Crippen LogP contribution in [-0.2, 0) is 0 Å². The summed E-state index contributed by atoms with van der Waals surface area (Å²) in [4.78, 5) is 0. The van der Waals surface area contributed by atoms with Gasteiger partial charge in [-0.1, -0.05) is 58.4 Å². The molecule has 0 spiro atoms. The number of hydrogen-bond donors (Lipinski definition) is 1. The molecule has 1 heteroatoms. The summed E-state index contributed by atoms with van der Waals surface area (Å²) in [7, 11) is 0. The van der Waals surface area contributed by atoms with Crippen LogP contribution in [0.2, 0.25) is 0 Å². The molecule has 2 rings (SSSR count). The van der Waals surface area contributed by atoms with Gasteiger partial charge in [-0.05, 0) is 47.6 Å². The molecule has 1 saturated carbocycles. The Labute approximate surface area is 118 Å². The average Bonchev–Trinajstić information content (AvgIpc) is 2.25. The van der Waals surface area contributed by atoms with Gasteiger partial charge in [0.1, 0.15) is 0 Å². The Morgan fingerprint density at radius 1 is 1.26 bits per heavy atom. The van der Waals surface area contributed by atoms with Gasteiger partial charge in [-0.2, -0.15) is 0 Å². The van der Waals surface area contributed by atoms with Crippen LogP contribution >= 0.6 is 0 Å². The van der Waals surface area contributed by atoms with Crippen molar-refractivity contribution in [3.05, 3.63) is 35.4 Å². The fourth-order valence-electron chi connectivity index (χ4n) is 2.59. The van der Waals surface area contributed by atoms with E-state index >= 15 is 0 Å². The quantitative estimate of drug-likeness (QED) is 0.802. The van der Waals surface area contributed by atoms with Crippen LogP contribution < -0.4 is 0 Å². The summed E-state index contributed by atoms with van der Waals surface area (Å²) < 4.78 is 0. The predicted molar refractivity (Wildman–Crippen MR) is 81.2 cm³/mol. The molecule has 1 aromatic carbocycles. The first kappa shape index (κ1) is 14.6. The molecule has 0 aromatic heterocycles. The normalized spacial score (nSPS) is 19.8. The molecule has 2 unspecified atom stereocenters. The van der Waals surface area contributed by atoms with Gasteiger partial charge in [0.15, 0.2) is 0 Å². The minimum Gasteiger partial charge on any atom is -0.388 e. The summed E-state index contributed by atoms with van der Waals surface area (Å²) >= 11 is 0. The summed E-state index contributed by atoms with van der Waals surface area (Å²) in [6.45, 7) is 8.97. The van der Waals surface area contributed by atoms with E-state index in [-0.39, 0.29) is 11.5 Å². The van der Waals surface area contributed by atoms with Gasteiger partial charge < -0.3 is 5.11 Å². The maximum atomic E-state index is 10.5. The van der Waals surface area contributed by atoms with Crippen molar-refractivity contribution in [2.45, 2.75) is 65.4 Å². The van der Waals surface area contributed by atoms with Crippen LogP contribution in [0.1, 0.15) is 76.5 Å². The summed E-state index contributed by atoms with van der Waals surface area (Å²) in [5.74, 6) is 1.25. The monoisotopic (exact) mass is 260 g/mol. The van der Waals surface area contributed by atoms with Crippen molar-refractivity contribution in [3.8, 4) is 0 Å². The Hall–Kier alpha value is -0.820. The molecule has 0 aliphatic heterocycles. The molecule has 0 amide bonds. The van der Waals surface area contributed by atoms with Gasteiger partial charge in [0.2, 0.25) is 0 Å². The highest BCUT2D eigenvalue weighted by Gasteiger charge is 2.24. The Balaban J connectivity index is 2.04. The molecule has 1 N–H and O–H groups in total. The first-order valence-electron chi connectivity index (χ1n) is 7.66. The van der Waals surface area contributed by atoms with Crippen LogP contribution in [0.5, 0.6) is 0 Å². The summed E-state index contributed by atoms with van der Waals surface area (Å²) in [6.07, 6.45) is 4.51. The Bertz CT molecular complexity index is 412. The van der Waals surface area contributed by atoms with Crippen LogP contribution in [0, 0.1) is 11.3 Å².